The number of hydrogen-bond donors (Lipinski definition) is 2. The van der Waals surface area contributed by atoms with Crippen molar-refractivity contribution < 1.29 is 0 Å². The fourth-order valence-electron chi connectivity index (χ4n) is 1.96. The molecule has 1 saturated carbocycles. The van der Waals surface area contributed by atoms with Crippen LogP contribution in [0.4, 0.5) is 0 Å². The molecule has 0 aliphatic heterocycles. The molecule has 0 amide bonds. The third-order valence-corrected chi connectivity index (χ3v) is 3.79. The van der Waals surface area contributed by atoms with E-state index in [1.165, 1.54) is 0 Å². The fraction of sp³-hybridized carbons (Fsp3) is 0.308. The van der Waals surface area contributed by atoms with E-state index in [-0.39, 0.29) is 5.54 Å². The maximum atomic E-state index is 6.15. The molecule has 1 aliphatic carbocycles. The number of nitrogens with one attached hydrogen (secondary N) is 1. The molecule has 3 N–H and O–H groups in total. The lowest BCUT2D eigenvalue weighted by atomic mass is 10.1. The summed E-state index contributed by atoms with van der Waals surface area (Å²) in [5, 5.41) is 0. The first-order chi connectivity index (χ1) is 8.08. The van der Waals surface area contributed by atoms with Crippen LogP contribution in [0.15, 0.2) is 28.7 Å². The normalized spacial score (nSPS) is 17.1. The Morgan fingerprint density at radius 2 is 1.94 bits per heavy atom. The van der Waals surface area contributed by atoms with Gasteiger partial charge in [0.1, 0.15) is 5.82 Å². The van der Waals surface area contributed by atoms with Gasteiger partial charge in [0, 0.05) is 15.7 Å². The number of nitrogens with two attached hydrogens (primary N) is 1. The summed E-state index contributed by atoms with van der Waals surface area (Å²) in [4.78, 5) is 7.96. The topological polar surface area (TPSA) is 54.7 Å². The number of hydrogen-bond acceptors (Lipinski definition) is 2. The van der Waals surface area contributed by atoms with E-state index >= 15 is 0 Å². The summed E-state index contributed by atoms with van der Waals surface area (Å²) in [6.45, 7) is 2.04. The monoisotopic (exact) mass is 291 g/mol. The zero-order valence-corrected chi connectivity index (χ0v) is 11.2. The molecule has 1 aliphatic rings. The van der Waals surface area contributed by atoms with Crippen molar-refractivity contribution >= 4 is 15.9 Å². The molecule has 17 heavy (non-hydrogen) atoms. The van der Waals surface area contributed by atoms with Gasteiger partial charge in [-0.15, -0.1) is 0 Å². The number of imidazole rings is 1. The largest absolute Gasteiger partial charge is 0.344 e. The second-order valence-corrected chi connectivity index (χ2v) is 5.64. The van der Waals surface area contributed by atoms with Crippen molar-refractivity contribution in [2.24, 2.45) is 5.73 Å². The molecule has 1 aromatic heterocycles. The highest BCUT2D eigenvalue weighted by Gasteiger charge is 2.43. The van der Waals surface area contributed by atoms with Gasteiger partial charge in [-0.1, -0.05) is 28.1 Å². The average Bonchev–Trinajstić information content (AvgIpc) is 2.93. The van der Waals surface area contributed by atoms with Crippen LogP contribution in [0.3, 0.4) is 0 Å². The van der Waals surface area contributed by atoms with Crippen molar-refractivity contribution in [2.75, 3.05) is 0 Å². The molecule has 3 rings (SSSR count). The van der Waals surface area contributed by atoms with Crippen molar-refractivity contribution in [3.8, 4) is 11.3 Å². The Morgan fingerprint density at radius 3 is 2.53 bits per heavy atom. The Morgan fingerprint density at radius 1 is 1.29 bits per heavy atom. The second kappa shape index (κ2) is 3.68. The number of aromatic nitrogens is 2. The van der Waals surface area contributed by atoms with Gasteiger partial charge in [-0.3, -0.25) is 0 Å². The number of benzene rings is 1. The number of halogens is 1. The minimum Gasteiger partial charge on any atom is -0.344 e. The van der Waals surface area contributed by atoms with E-state index in [1.54, 1.807) is 0 Å². The molecule has 0 unspecified atom stereocenters. The lowest BCUT2D eigenvalue weighted by molar-refractivity contribution is 0.684. The van der Waals surface area contributed by atoms with Crippen LogP contribution in [-0.4, -0.2) is 9.97 Å². The fourth-order valence-corrected chi connectivity index (χ4v) is 2.22. The molecule has 3 nitrogen and oxygen atoms in total. The zero-order chi connectivity index (χ0) is 12.0. The Bertz CT molecular complexity index is 553. The lowest BCUT2D eigenvalue weighted by Crippen LogP contribution is -2.20. The van der Waals surface area contributed by atoms with Crippen molar-refractivity contribution in [2.45, 2.75) is 25.3 Å². The van der Waals surface area contributed by atoms with E-state index in [2.05, 4.69) is 38.0 Å². The van der Waals surface area contributed by atoms with Crippen LogP contribution in [0.1, 0.15) is 24.4 Å². The third kappa shape index (κ3) is 1.91. The van der Waals surface area contributed by atoms with Gasteiger partial charge in [0.2, 0.25) is 0 Å². The summed E-state index contributed by atoms with van der Waals surface area (Å²) in [7, 11) is 0. The minimum atomic E-state index is -0.196. The molecule has 0 atom stereocenters. The molecule has 0 spiro atoms. The first kappa shape index (κ1) is 11.0. The third-order valence-electron chi connectivity index (χ3n) is 3.26. The molecular formula is C13H14BrN3. The molecular weight excluding hydrogens is 278 g/mol. The summed E-state index contributed by atoms with van der Waals surface area (Å²) in [5.74, 6) is 0.924. The van der Waals surface area contributed by atoms with Crippen molar-refractivity contribution in [1.82, 2.24) is 9.97 Å². The Hall–Kier alpha value is -1.13. The van der Waals surface area contributed by atoms with Gasteiger partial charge in [0.25, 0.3) is 0 Å². The Labute approximate surface area is 109 Å². The number of rotatable bonds is 2. The quantitative estimate of drug-likeness (QED) is 0.893. The molecule has 88 valence electrons. The van der Waals surface area contributed by atoms with Crippen LogP contribution in [0.25, 0.3) is 11.3 Å². The molecule has 1 aromatic carbocycles. The van der Waals surface area contributed by atoms with E-state index in [4.69, 9.17) is 5.73 Å². The number of aromatic amines is 1. The van der Waals surface area contributed by atoms with Crippen LogP contribution < -0.4 is 5.73 Å². The van der Waals surface area contributed by atoms with E-state index < -0.39 is 0 Å². The van der Waals surface area contributed by atoms with Gasteiger partial charge >= 0.3 is 0 Å². The summed E-state index contributed by atoms with van der Waals surface area (Å²) < 4.78 is 1.08. The number of nitrogens with zero attached hydrogens (tertiary/aromatic N) is 1. The van der Waals surface area contributed by atoms with Gasteiger partial charge in [0.05, 0.1) is 11.2 Å². The zero-order valence-electron chi connectivity index (χ0n) is 9.63. The first-order valence-electron chi connectivity index (χ1n) is 5.70. The van der Waals surface area contributed by atoms with Gasteiger partial charge in [-0.2, -0.15) is 0 Å². The number of aryl methyl sites for hydroxylation is 1. The van der Waals surface area contributed by atoms with E-state index in [0.717, 1.165) is 40.1 Å². The standard InChI is InChI=1S/C13H14BrN3/c1-8-11(9-2-4-10(14)5-3-9)17-12(16-8)13(15)6-7-13/h2-5H,6-7,15H2,1H3,(H,16,17). The average molecular weight is 292 g/mol. The lowest BCUT2D eigenvalue weighted by Gasteiger charge is -2.02. The van der Waals surface area contributed by atoms with Gasteiger partial charge in [-0.25, -0.2) is 4.98 Å². The molecule has 1 fully saturated rings. The molecule has 0 bridgehead atoms. The molecule has 0 saturated heterocycles. The maximum Gasteiger partial charge on any atom is 0.127 e. The first-order valence-corrected chi connectivity index (χ1v) is 6.50. The maximum absolute atomic E-state index is 6.15. The van der Waals surface area contributed by atoms with Crippen LogP contribution in [-0.2, 0) is 5.54 Å². The molecule has 0 radical (unpaired) electrons. The predicted octanol–water partition coefficient (Wildman–Crippen LogP) is 3.10. The molecule has 1 heterocycles. The highest BCUT2D eigenvalue weighted by molar-refractivity contribution is 9.10. The van der Waals surface area contributed by atoms with E-state index in [0.29, 0.717) is 0 Å². The molecule has 2 aromatic rings. The summed E-state index contributed by atoms with van der Waals surface area (Å²) in [6, 6.07) is 8.18. The highest BCUT2D eigenvalue weighted by atomic mass is 79.9. The van der Waals surface area contributed by atoms with Crippen LogP contribution in [0.5, 0.6) is 0 Å². The second-order valence-electron chi connectivity index (χ2n) is 4.72. The summed E-state index contributed by atoms with van der Waals surface area (Å²) in [6.07, 6.45) is 2.06. The van der Waals surface area contributed by atoms with Crippen molar-refractivity contribution in [3.05, 3.63) is 40.3 Å². The van der Waals surface area contributed by atoms with E-state index in [1.807, 2.05) is 19.1 Å². The van der Waals surface area contributed by atoms with Crippen molar-refractivity contribution in [1.29, 1.82) is 0 Å². The van der Waals surface area contributed by atoms with E-state index in [9.17, 15) is 0 Å². The van der Waals surface area contributed by atoms with Crippen LogP contribution in [0.2, 0.25) is 0 Å². The minimum absolute atomic E-state index is 0.196. The van der Waals surface area contributed by atoms with Gasteiger partial charge in [-0.05, 0) is 31.9 Å². The number of H-pyrrole nitrogens is 1. The Balaban J connectivity index is 2.03. The van der Waals surface area contributed by atoms with Crippen LogP contribution >= 0.6 is 15.9 Å². The van der Waals surface area contributed by atoms with Gasteiger partial charge in [0.15, 0.2) is 0 Å². The predicted molar refractivity (Wildman–Crippen MR) is 71.6 cm³/mol. The van der Waals surface area contributed by atoms with Gasteiger partial charge < -0.3 is 10.7 Å². The summed E-state index contributed by atoms with van der Waals surface area (Å²) in [5.41, 5.74) is 9.16. The van der Waals surface area contributed by atoms with Crippen LogP contribution in [0, 0.1) is 6.92 Å². The Kier molecular flexibility index (Phi) is 2.38. The van der Waals surface area contributed by atoms with Crippen molar-refractivity contribution in [3.63, 3.8) is 0 Å². The highest BCUT2D eigenvalue weighted by Crippen LogP contribution is 2.42. The SMILES string of the molecule is Cc1[nH]c(C2(N)CC2)nc1-c1ccc(Br)cc1. The summed E-state index contributed by atoms with van der Waals surface area (Å²) >= 11 is 3.44. The smallest absolute Gasteiger partial charge is 0.127 e. The molecule has 4 heteroatoms.